The average molecular weight is 217 g/mol. The number of benzene rings is 1. The summed E-state index contributed by atoms with van der Waals surface area (Å²) in [6.45, 7) is 1.53. The first kappa shape index (κ1) is 10.9. The monoisotopic (exact) mass is 217 g/mol. The second-order valence-corrected chi connectivity index (χ2v) is 4.25. The van der Waals surface area contributed by atoms with Crippen molar-refractivity contribution < 1.29 is 9.59 Å². The van der Waals surface area contributed by atoms with Gasteiger partial charge in [0.25, 0.3) is 0 Å². The minimum Gasteiger partial charge on any atom is -0.326 e. The Bertz CT molecular complexity index is 404. The van der Waals surface area contributed by atoms with Crippen LogP contribution in [0.1, 0.15) is 36.5 Å². The van der Waals surface area contributed by atoms with Crippen LogP contribution >= 0.6 is 0 Å². The van der Waals surface area contributed by atoms with E-state index in [9.17, 15) is 9.59 Å². The van der Waals surface area contributed by atoms with Crippen LogP contribution in [-0.2, 0) is 4.79 Å². The fourth-order valence-electron chi connectivity index (χ4n) is 1.70. The standard InChI is InChI=1S/C13H15NO2/c1-9(15)10-5-7-12(8-6-10)14-13(16)11-3-2-4-11/h5-8,11H,2-4H2,1H3,(H,14,16). The van der Waals surface area contributed by atoms with Gasteiger partial charge in [0.05, 0.1) is 0 Å². The predicted octanol–water partition coefficient (Wildman–Crippen LogP) is 2.63. The highest BCUT2D eigenvalue weighted by Gasteiger charge is 2.24. The Morgan fingerprint density at radius 1 is 1.19 bits per heavy atom. The molecule has 1 aliphatic rings. The maximum absolute atomic E-state index is 11.6. The number of nitrogens with one attached hydrogen (secondary N) is 1. The van der Waals surface area contributed by atoms with E-state index in [0.29, 0.717) is 5.56 Å². The fraction of sp³-hybridized carbons (Fsp3) is 0.385. The van der Waals surface area contributed by atoms with Crippen molar-refractivity contribution in [1.82, 2.24) is 0 Å². The topological polar surface area (TPSA) is 46.2 Å². The van der Waals surface area contributed by atoms with E-state index in [1.807, 2.05) is 0 Å². The molecule has 0 aliphatic heterocycles. The van der Waals surface area contributed by atoms with Crippen LogP contribution in [0.25, 0.3) is 0 Å². The second kappa shape index (κ2) is 4.47. The van der Waals surface area contributed by atoms with Crippen LogP contribution in [0.4, 0.5) is 5.69 Å². The summed E-state index contributed by atoms with van der Waals surface area (Å²) >= 11 is 0. The summed E-state index contributed by atoms with van der Waals surface area (Å²) in [5.41, 5.74) is 1.43. The molecule has 1 N–H and O–H groups in total. The molecule has 3 nitrogen and oxygen atoms in total. The molecule has 1 aliphatic carbocycles. The van der Waals surface area contributed by atoms with Gasteiger partial charge in [-0.25, -0.2) is 0 Å². The molecule has 1 amide bonds. The molecule has 0 saturated heterocycles. The molecule has 1 fully saturated rings. The van der Waals surface area contributed by atoms with Crippen molar-refractivity contribution in [3.8, 4) is 0 Å². The van der Waals surface area contributed by atoms with Crippen LogP contribution in [0.3, 0.4) is 0 Å². The smallest absolute Gasteiger partial charge is 0.227 e. The van der Waals surface area contributed by atoms with Crippen LogP contribution in [0.5, 0.6) is 0 Å². The molecule has 1 saturated carbocycles. The molecule has 0 radical (unpaired) electrons. The van der Waals surface area contributed by atoms with Gasteiger partial charge < -0.3 is 5.32 Å². The lowest BCUT2D eigenvalue weighted by Gasteiger charge is -2.24. The SMILES string of the molecule is CC(=O)c1ccc(NC(=O)C2CCC2)cc1. The van der Waals surface area contributed by atoms with Gasteiger partial charge in [-0.1, -0.05) is 6.42 Å². The normalized spacial score (nSPS) is 15.3. The highest BCUT2D eigenvalue weighted by molar-refractivity contribution is 5.96. The molecule has 3 heteroatoms. The van der Waals surface area contributed by atoms with Crippen molar-refractivity contribution in [2.45, 2.75) is 26.2 Å². The minimum atomic E-state index is 0.0388. The van der Waals surface area contributed by atoms with Crippen molar-refractivity contribution in [1.29, 1.82) is 0 Å². The summed E-state index contributed by atoms with van der Waals surface area (Å²) in [5.74, 6) is 0.325. The molecule has 0 bridgehead atoms. The van der Waals surface area contributed by atoms with Crippen LogP contribution in [0.2, 0.25) is 0 Å². The van der Waals surface area contributed by atoms with Gasteiger partial charge in [0.1, 0.15) is 0 Å². The summed E-state index contributed by atoms with van der Waals surface area (Å²) < 4.78 is 0. The minimum absolute atomic E-state index is 0.0388. The molecule has 1 aromatic rings. The average Bonchev–Trinajstić information content (AvgIpc) is 2.15. The Morgan fingerprint density at radius 2 is 1.81 bits per heavy atom. The molecule has 16 heavy (non-hydrogen) atoms. The zero-order chi connectivity index (χ0) is 11.5. The number of amides is 1. The van der Waals surface area contributed by atoms with Gasteiger partial charge in [0, 0.05) is 17.2 Å². The predicted molar refractivity (Wildman–Crippen MR) is 62.4 cm³/mol. The van der Waals surface area contributed by atoms with Crippen molar-refractivity contribution in [2.75, 3.05) is 5.32 Å². The molecular weight excluding hydrogens is 202 g/mol. The van der Waals surface area contributed by atoms with E-state index in [1.165, 1.54) is 6.92 Å². The van der Waals surface area contributed by atoms with Crippen LogP contribution < -0.4 is 5.32 Å². The van der Waals surface area contributed by atoms with E-state index in [4.69, 9.17) is 0 Å². The zero-order valence-corrected chi connectivity index (χ0v) is 9.32. The fourth-order valence-corrected chi connectivity index (χ4v) is 1.70. The molecule has 0 spiro atoms. The lowest BCUT2D eigenvalue weighted by Crippen LogP contribution is -2.27. The maximum Gasteiger partial charge on any atom is 0.227 e. The number of ketones is 1. The Morgan fingerprint density at radius 3 is 2.25 bits per heavy atom. The van der Waals surface area contributed by atoms with Gasteiger partial charge >= 0.3 is 0 Å². The Kier molecular flexibility index (Phi) is 3.04. The van der Waals surface area contributed by atoms with E-state index >= 15 is 0 Å². The molecule has 2 rings (SSSR count). The maximum atomic E-state index is 11.6. The second-order valence-electron chi connectivity index (χ2n) is 4.25. The van der Waals surface area contributed by atoms with E-state index in [0.717, 1.165) is 24.9 Å². The zero-order valence-electron chi connectivity index (χ0n) is 9.32. The third kappa shape index (κ3) is 2.30. The van der Waals surface area contributed by atoms with Crippen LogP contribution in [-0.4, -0.2) is 11.7 Å². The summed E-state index contributed by atoms with van der Waals surface area (Å²) in [4.78, 5) is 22.7. The van der Waals surface area contributed by atoms with Gasteiger partial charge in [-0.05, 0) is 44.0 Å². The summed E-state index contributed by atoms with van der Waals surface area (Å²) in [5, 5.41) is 2.86. The number of Topliss-reactive ketones (excluding diaryl/α,β-unsaturated/α-hetero) is 1. The first-order chi connectivity index (χ1) is 7.66. The van der Waals surface area contributed by atoms with Crippen molar-refractivity contribution in [3.63, 3.8) is 0 Å². The summed E-state index contributed by atoms with van der Waals surface area (Å²) in [6.07, 6.45) is 3.15. The molecule has 0 aromatic heterocycles. The number of rotatable bonds is 3. The van der Waals surface area contributed by atoms with E-state index < -0.39 is 0 Å². The Balaban J connectivity index is 1.99. The third-order valence-corrected chi connectivity index (χ3v) is 3.03. The highest BCUT2D eigenvalue weighted by Crippen LogP contribution is 2.27. The lowest BCUT2D eigenvalue weighted by molar-refractivity contribution is -0.122. The number of hydrogen-bond donors (Lipinski definition) is 1. The van der Waals surface area contributed by atoms with Crippen LogP contribution in [0.15, 0.2) is 24.3 Å². The molecule has 84 valence electrons. The van der Waals surface area contributed by atoms with E-state index in [-0.39, 0.29) is 17.6 Å². The lowest BCUT2D eigenvalue weighted by atomic mass is 9.85. The van der Waals surface area contributed by atoms with Gasteiger partial charge in [0.15, 0.2) is 5.78 Å². The van der Waals surface area contributed by atoms with Crippen molar-refractivity contribution in [2.24, 2.45) is 5.92 Å². The Labute approximate surface area is 94.9 Å². The number of anilines is 1. The van der Waals surface area contributed by atoms with Crippen LogP contribution in [0, 0.1) is 5.92 Å². The first-order valence-corrected chi connectivity index (χ1v) is 5.58. The van der Waals surface area contributed by atoms with Gasteiger partial charge in [-0.2, -0.15) is 0 Å². The molecule has 0 heterocycles. The number of carbonyl (C=O) groups is 2. The molecular formula is C13H15NO2. The van der Waals surface area contributed by atoms with Gasteiger partial charge in [-0.15, -0.1) is 0 Å². The van der Waals surface area contributed by atoms with Gasteiger partial charge in [-0.3, -0.25) is 9.59 Å². The van der Waals surface area contributed by atoms with E-state index in [2.05, 4.69) is 5.32 Å². The van der Waals surface area contributed by atoms with Crippen molar-refractivity contribution >= 4 is 17.4 Å². The summed E-state index contributed by atoms with van der Waals surface area (Å²) in [6, 6.07) is 7.01. The molecule has 0 atom stereocenters. The number of hydrogen-bond acceptors (Lipinski definition) is 2. The molecule has 0 unspecified atom stereocenters. The molecule has 1 aromatic carbocycles. The van der Waals surface area contributed by atoms with E-state index in [1.54, 1.807) is 24.3 Å². The largest absolute Gasteiger partial charge is 0.326 e. The number of carbonyl (C=O) groups excluding carboxylic acids is 2. The first-order valence-electron chi connectivity index (χ1n) is 5.58. The highest BCUT2D eigenvalue weighted by atomic mass is 16.2. The third-order valence-electron chi connectivity index (χ3n) is 3.03. The summed E-state index contributed by atoms with van der Waals surface area (Å²) in [7, 11) is 0. The van der Waals surface area contributed by atoms with Gasteiger partial charge in [0.2, 0.25) is 5.91 Å². The quantitative estimate of drug-likeness (QED) is 0.791. The Hall–Kier alpha value is -1.64. The van der Waals surface area contributed by atoms with Crippen molar-refractivity contribution in [3.05, 3.63) is 29.8 Å².